The Morgan fingerprint density at radius 3 is 2.57 bits per heavy atom. The van der Waals surface area contributed by atoms with Crippen LogP contribution in [-0.4, -0.2) is 24.7 Å². The van der Waals surface area contributed by atoms with Crippen LogP contribution in [0.15, 0.2) is 42.5 Å². The predicted molar refractivity (Wildman–Crippen MR) is 117 cm³/mol. The Balaban J connectivity index is 1.45. The maximum atomic E-state index is 13.8. The van der Waals surface area contributed by atoms with Crippen molar-refractivity contribution in [1.82, 2.24) is 5.32 Å². The molecule has 2 aromatic rings. The SMILES string of the molecule is C[C@H](NC(=O)CSCc1ccc(Cl)cc1F)c1ccc(N2CCCCC2)cc1. The number of anilines is 1. The van der Waals surface area contributed by atoms with Gasteiger partial charge in [0, 0.05) is 29.6 Å². The van der Waals surface area contributed by atoms with Crippen LogP contribution in [0, 0.1) is 5.82 Å². The quantitative estimate of drug-likeness (QED) is 0.634. The molecule has 150 valence electrons. The fraction of sp³-hybridized carbons (Fsp3) is 0.409. The van der Waals surface area contributed by atoms with Crippen LogP contribution in [0.5, 0.6) is 0 Å². The minimum Gasteiger partial charge on any atom is -0.372 e. The van der Waals surface area contributed by atoms with E-state index in [0.717, 1.165) is 18.7 Å². The highest BCUT2D eigenvalue weighted by Gasteiger charge is 2.13. The molecule has 0 spiro atoms. The van der Waals surface area contributed by atoms with Gasteiger partial charge in [0.15, 0.2) is 0 Å². The van der Waals surface area contributed by atoms with Gasteiger partial charge < -0.3 is 10.2 Å². The molecule has 1 amide bonds. The smallest absolute Gasteiger partial charge is 0.230 e. The van der Waals surface area contributed by atoms with E-state index in [1.165, 1.54) is 42.8 Å². The monoisotopic (exact) mass is 420 g/mol. The van der Waals surface area contributed by atoms with Gasteiger partial charge in [-0.15, -0.1) is 11.8 Å². The molecule has 0 radical (unpaired) electrons. The Hall–Kier alpha value is -1.72. The molecule has 1 aliphatic rings. The maximum Gasteiger partial charge on any atom is 0.230 e. The molecule has 1 heterocycles. The third-order valence-corrected chi connectivity index (χ3v) is 6.21. The van der Waals surface area contributed by atoms with Crippen LogP contribution in [-0.2, 0) is 10.5 Å². The molecule has 0 bridgehead atoms. The van der Waals surface area contributed by atoms with Gasteiger partial charge in [-0.25, -0.2) is 4.39 Å². The molecule has 0 aliphatic carbocycles. The Morgan fingerprint density at radius 2 is 1.89 bits per heavy atom. The van der Waals surface area contributed by atoms with E-state index in [1.54, 1.807) is 12.1 Å². The number of nitrogens with one attached hydrogen (secondary N) is 1. The van der Waals surface area contributed by atoms with E-state index >= 15 is 0 Å². The highest BCUT2D eigenvalue weighted by Crippen LogP contribution is 2.23. The van der Waals surface area contributed by atoms with Crippen molar-refractivity contribution in [2.45, 2.75) is 38.0 Å². The lowest BCUT2D eigenvalue weighted by atomic mass is 10.1. The van der Waals surface area contributed by atoms with E-state index in [9.17, 15) is 9.18 Å². The first-order chi connectivity index (χ1) is 13.5. The Kier molecular flexibility index (Phi) is 7.63. The second kappa shape index (κ2) is 10.2. The van der Waals surface area contributed by atoms with Gasteiger partial charge in [-0.1, -0.05) is 29.8 Å². The molecule has 1 atom stereocenters. The number of carbonyl (C=O) groups excluding carboxylic acids is 1. The summed E-state index contributed by atoms with van der Waals surface area (Å²) in [6.07, 6.45) is 3.83. The van der Waals surface area contributed by atoms with Gasteiger partial charge in [0.05, 0.1) is 11.8 Å². The highest BCUT2D eigenvalue weighted by molar-refractivity contribution is 7.99. The van der Waals surface area contributed by atoms with Gasteiger partial charge in [-0.2, -0.15) is 0 Å². The Morgan fingerprint density at radius 1 is 1.18 bits per heavy atom. The number of nitrogens with zero attached hydrogens (tertiary/aromatic N) is 1. The lowest BCUT2D eigenvalue weighted by Gasteiger charge is -2.29. The van der Waals surface area contributed by atoms with E-state index in [4.69, 9.17) is 11.6 Å². The summed E-state index contributed by atoms with van der Waals surface area (Å²) >= 11 is 7.15. The normalized spacial score (nSPS) is 15.3. The van der Waals surface area contributed by atoms with Crippen molar-refractivity contribution in [2.24, 2.45) is 0 Å². The average Bonchev–Trinajstić information content (AvgIpc) is 2.70. The number of hydrogen-bond donors (Lipinski definition) is 1. The number of piperidine rings is 1. The van der Waals surface area contributed by atoms with Gasteiger partial charge in [0.2, 0.25) is 5.91 Å². The first-order valence-corrected chi connectivity index (χ1v) is 11.2. The molecule has 6 heteroatoms. The number of amides is 1. The molecule has 1 aliphatic heterocycles. The number of thioether (sulfide) groups is 1. The molecule has 1 N–H and O–H groups in total. The lowest BCUT2D eigenvalue weighted by molar-refractivity contribution is -0.119. The third kappa shape index (κ3) is 5.89. The second-order valence-corrected chi connectivity index (χ2v) is 8.58. The third-order valence-electron chi connectivity index (χ3n) is 5.00. The Labute approximate surface area is 175 Å². The van der Waals surface area contributed by atoms with Crippen molar-refractivity contribution < 1.29 is 9.18 Å². The van der Waals surface area contributed by atoms with E-state index in [-0.39, 0.29) is 23.5 Å². The minimum atomic E-state index is -0.331. The first-order valence-electron chi connectivity index (χ1n) is 9.69. The molecular formula is C22H26ClFN2OS. The number of halogens is 2. The summed E-state index contributed by atoms with van der Waals surface area (Å²) in [6, 6.07) is 13.0. The molecule has 0 aromatic heterocycles. The summed E-state index contributed by atoms with van der Waals surface area (Å²) in [7, 11) is 0. The first kappa shape index (κ1) is 21.0. The zero-order chi connectivity index (χ0) is 19.9. The van der Waals surface area contributed by atoms with Crippen LogP contribution < -0.4 is 10.2 Å². The summed E-state index contributed by atoms with van der Waals surface area (Å²) in [5.41, 5.74) is 2.90. The summed E-state index contributed by atoms with van der Waals surface area (Å²) in [5, 5.41) is 3.40. The lowest BCUT2D eigenvalue weighted by Crippen LogP contribution is -2.30. The molecule has 1 fully saturated rings. The molecule has 1 saturated heterocycles. The van der Waals surface area contributed by atoms with Crippen molar-refractivity contribution >= 4 is 35.0 Å². The standard InChI is InChI=1S/C22H26ClFN2OS/c1-16(17-6-9-20(10-7-17)26-11-3-2-4-12-26)25-22(27)15-28-14-18-5-8-19(23)13-21(18)24/h5-10,13,16H,2-4,11-12,14-15H2,1H3,(H,25,27)/t16-/m0/s1. The van der Waals surface area contributed by atoms with Crippen LogP contribution in [0.2, 0.25) is 5.02 Å². The molecule has 28 heavy (non-hydrogen) atoms. The van der Waals surface area contributed by atoms with E-state index < -0.39 is 0 Å². The molecule has 0 saturated carbocycles. The molecule has 2 aromatic carbocycles. The fourth-order valence-electron chi connectivity index (χ4n) is 3.38. The van der Waals surface area contributed by atoms with Crippen LogP contribution in [0.1, 0.15) is 43.4 Å². The van der Waals surface area contributed by atoms with Crippen LogP contribution in [0.3, 0.4) is 0 Å². The predicted octanol–water partition coefficient (Wildman–Crippen LogP) is 5.58. The van der Waals surface area contributed by atoms with Gasteiger partial charge >= 0.3 is 0 Å². The van der Waals surface area contributed by atoms with Crippen molar-refractivity contribution in [3.05, 3.63) is 64.4 Å². The van der Waals surface area contributed by atoms with Crippen LogP contribution in [0.4, 0.5) is 10.1 Å². The summed E-state index contributed by atoms with van der Waals surface area (Å²) in [4.78, 5) is 14.6. The van der Waals surface area contributed by atoms with Crippen LogP contribution in [0.25, 0.3) is 0 Å². The molecule has 0 unspecified atom stereocenters. The van der Waals surface area contributed by atoms with Crippen molar-refractivity contribution in [3.63, 3.8) is 0 Å². The van der Waals surface area contributed by atoms with E-state index in [2.05, 4.69) is 34.5 Å². The fourth-order valence-corrected chi connectivity index (χ4v) is 4.37. The largest absolute Gasteiger partial charge is 0.372 e. The van der Waals surface area contributed by atoms with Gasteiger partial charge in [0.1, 0.15) is 5.82 Å². The van der Waals surface area contributed by atoms with Crippen molar-refractivity contribution in [2.75, 3.05) is 23.7 Å². The molecule has 3 rings (SSSR count). The maximum absolute atomic E-state index is 13.8. The summed E-state index contributed by atoms with van der Waals surface area (Å²) in [5.74, 6) is 0.350. The number of carbonyl (C=O) groups is 1. The van der Waals surface area contributed by atoms with E-state index in [1.807, 2.05) is 6.92 Å². The van der Waals surface area contributed by atoms with Gasteiger partial charge in [0.25, 0.3) is 0 Å². The number of benzene rings is 2. The zero-order valence-electron chi connectivity index (χ0n) is 16.1. The number of rotatable bonds is 7. The zero-order valence-corrected chi connectivity index (χ0v) is 17.7. The number of hydrogen-bond acceptors (Lipinski definition) is 3. The highest BCUT2D eigenvalue weighted by atomic mass is 35.5. The van der Waals surface area contributed by atoms with Crippen molar-refractivity contribution in [3.8, 4) is 0 Å². The van der Waals surface area contributed by atoms with Gasteiger partial charge in [-0.05, 0) is 61.6 Å². The summed E-state index contributed by atoms with van der Waals surface area (Å²) < 4.78 is 13.8. The minimum absolute atomic E-state index is 0.0491. The summed E-state index contributed by atoms with van der Waals surface area (Å²) in [6.45, 7) is 4.23. The van der Waals surface area contributed by atoms with E-state index in [0.29, 0.717) is 16.3 Å². The molecule has 3 nitrogen and oxygen atoms in total. The van der Waals surface area contributed by atoms with Crippen LogP contribution >= 0.6 is 23.4 Å². The average molecular weight is 421 g/mol. The Bertz CT molecular complexity index is 794. The van der Waals surface area contributed by atoms with Gasteiger partial charge in [-0.3, -0.25) is 4.79 Å². The topological polar surface area (TPSA) is 32.3 Å². The second-order valence-electron chi connectivity index (χ2n) is 7.16. The van der Waals surface area contributed by atoms with Crippen molar-refractivity contribution in [1.29, 1.82) is 0 Å². The molecular weight excluding hydrogens is 395 g/mol.